The molecule has 1 aliphatic rings. The maximum atomic E-state index is 12.1. The second-order valence-electron chi connectivity index (χ2n) is 4.91. The lowest BCUT2D eigenvalue weighted by molar-refractivity contribution is -0.122. The lowest BCUT2D eigenvalue weighted by atomic mass is 9.96. The van der Waals surface area contributed by atoms with E-state index in [1.807, 2.05) is 13.8 Å². The van der Waals surface area contributed by atoms with Crippen molar-refractivity contribution in [1.29, 1.82) is 0 Å². The molecule has 2 heterocycles. The summed E-state index contributed by atoms with van der Waals surface area (Å²) in [5, 5.41) is 6.70. The third-order valence-electron chi connectivity index (χ3n) is 3.64. The Kier molecular flexibility index (Phi) is 4.01. The van der Waals surface area contributed by atoms with Crippen LogP contribution < -0.4 is 5.32 Å². The topological polar surface area (TPSA) is 58.4 Å². The molecule has 1 unspecified atom stereocenters. The van der Waals surface area contributed by atoms with Crippen molar-refractivity contribution in [3.8, 4) is 0 Å². The zero-order valence-electron chi connectivity index (χ0n) is 11.3. The molecule has 0 saturated carbocycles. The number of aryl methyl sites for hydroxylation is 2. The van der Waals surface area contributed by atoms with Gasteiger partial charge in [0.1, 0.15) is 5.76 Å². The van der Waals surface area contributed by atoms with Crippen LogP contribution >= 0.6 is 0 Å². The van der Waals surface area contributed by atoms with Crippen LogP contribution in [0.5, 0.6) is 0 Å². The number of likely N-dealkylation sites (tertiary alicyclic amines) is 1. The van der Waals surface area contributed by atoms with Crippen LogP contribution in [-0.4, -0.2) is 42.6 Å². The van der Waals surface area contributed by atoms with Crippen LogP contribution in [0, 0.1) is 13.8 Å². The number of amides is 1. The zero-order chi connectivity index (χ0) is 13.1. The van der Waals surface area contributed by atoms with Gasteiger partial charge in [0.15, 0.2) is 0 Å². The minimum absolute atomic E-state index is 0.0382. The number of nitrogens with zero attached hydrogens (tertiary/aromatic N) is 2. The number of hydrogen-bond acceptors (Lipinski definition) is 4. The maximum Gasteiger partial charge on any atom is 0.228 e. The predicted octanol–water partition coefficient (Wildman–Crippen LogP) is 1.22. The van der Waals surface area contributed by atoms with E-state index in [1.54, 1.807) is 7.05 Å². The fraction of sp³-hybridized carbons (Fsp3) is 0.692. The predicted molar refractivity (Wildman–Crippen MR) is 68.5 cm³/mol. The molecular weight excluding hydrogens is 230 g/mol. The number of carbonyl (C=O) groups is 1. The number of carbonyl (C=O) groups excluding carboxylic acids is 1. The largest absolute Gasteiger partial charge is 0.361 e. The molecular formula is C13H21N3O2. The third kappa shape index (κ3) is 2.56. The van der Waals surface area contributed by atoms with E-state index in [4.69, 9.17) is 4.52 Å². The minimum atomic E-state index is -0.181. The fourth-order valence-corrected chi connectivity index (χ4v) is 2.69. The molecule has 0 bridgehead atoms. The standard InChI is InChI=1S/C13H21N3O2/c1-9-12(10(2)18-15-9)11(13(17)14-3)8-16-6-4-5-7-16/h11H,4-8H2,1-3H3,(H,14,17). The molecule has 1 fully saturated rings. The van der Waals surface area contributed by atoms with Gasteiger partial charge in [-0.2, -0.15) is 0 Å². The summed E-state index contributed by atoms with van der Waals surface area (Å²) in [5.41, 5.74) is 1.77. The molecule has 2 rings (SSSR count). The third-order valence-corrected chi connectivity index (χ3v) is 3.64. The van der Waals surface area contributed by atoms with E-state index in [-0.39, 0.29) is 11.8 Å². The maximum absolute atomic E-state index is 12.1. The van der Waals surface area contributed by atoms with Crippen molar-refractivity contribution in [3.05, 3.63) is 17.0 Å². The molecule has 1 amide bonds. The molecule has 5 heteroatoms. The zero-order valence-corrected chi connectivity index (χ0v) is 11.3. The summed E-state index contributed by atoms with van der Waals surface area (Å²) >= 11 is 0. The highest BCUT2D eigenvalue weighted by atomic mass is 16.5. The van der Waals surface area contributed by atoms with Gasteiger partial charge in [0, 0.05) is 19.2 Å². The number of hydrogen-bond donors (Lipinski definition) is 1. The van der Waals surface area contributed by atoms with Crippen LogP contribution in [0.1, 0.15) is 35.8 Å². The molecule has 1 N–H and O–H groups in total. The first-order valence-corrected chi connectivity index (χ1v) is 6.50. The van der Waals surface area contributed by atoms with Crippen molar-refractivity contribution < 1.29 is 9.32 Å². The van der Waals surface area contributed by atoms with E-state index in [9.17, 15) is 4.79 Å². The first-order chi connectivity index (χ1) is 8.63. The van der Waals surface area contributed by atoms with Gasteiger partial charge in [-0.05, 0) is 39.8 Å². The molecule has 0 aromatic carbocycles. The normalized spacial score (nSPS) is 17.9. The molecule has 18 heavy (non-hydrogen) atoms. The Labute approximate surface area is 108 Å². The Bertz CT molecular complexity index is 402. The van der Waals surface area contributed by atoms with Crippen molar-refractivity contribution in [3.63, 3.8) is 0 Å². The Morgan fingerprint density at radius 1 is 1.44 bits per heavy atom. The summed E-state index contributed by atoms with van der Waals surface area (Å²) in [7, 11) is 1.68. The van der Waals surface area contributed by atoms with Crippen molar-refractivity contribution in [2.24, 2.45) is 0 Å². The van der Waals surface area contributed by atoms with Crippen molar-refractivity contribution >= 4 is 5.91 Å². The molecule has 100 valence electrons. The average molecular weight is 251 g/mol. The number of aromatic nitrogens is 1. The molecule has 1 aromatic rings. The molecule has 5 nitrogen and oxygen atoms in total. The van der Waals surface area contributed by atoms with E-state index < -0.39 is 0 Å². The van der Waals surface area contributed by atoms with Gasteiger partial charge in [-0.25, -0.2) is 0 Å². The van der Waals surface area contributed by atoms with Crippen LogP contribution in [0.4, 0.5) is 0 Å². The van der Waals surface area contributed by atoms with Gasteiger partial charge in [0.05, 0.1) is 11.6 Å². The van der Waals surface area contributed by atoms with Gasteiger partial charge < -0.3 is 14.7 Å². The summed E-state index contributed by atoms with van der Waals surface area (Å²) in [6.07, 6.45) is 2.45. The van der Waals surface area contributed by atoms with E-state index >= 15 is 0 Å². The SMILES string of the molecule is CNC(=O)C(CN1CCCC1)c1c(C)noc1C. The highest BCUT2D eigenvalue weighted by Gasteiger charge is 2.29. The van der Waals surface area contributed by atoms with E-state index in [1.165, 1.54) is 12.8 Å². The van der Waals surface area contributed by atoms with Gasteiger partial charge in [0.25, 0.3) is 0 Å². The molecule has 1 atom stereocenters. The molecule has 1 saturated heterocycles. The quantitative estimate of drug-likeness (QED) is 0.874. The Morgan fingerprint density at radius 3 is 2.61 bits per heavy atom. The fourth-order valence-electron chi connectivity index (χ4n) is 2.69. The monoisotopic (exact) mass is 251 g/mol. The number of nitrogens with one attached hydrogen (secondary N) is 1. The Balaban J connectivity index is 2.21. The lowest BCUT2D eigenvalue weighted by Crippen LogP contribution is -2.35. The van der Waals surface area contributed by atoms with Crippen LogP contribution in [-0.2, 0) is 4.79 Å². The van der Waals surface area contributed by atoms with Crippen molar-refractivity contribution in [2.45, 2.75) is 32.6 Å². The number of rotatable bonds is 4. The van der Waals surface area contributed by atoms with E-state index in [2.05, 4.69) is 15.4 Å². The Hall–Kier alpha value is -1.36. The molecule has 0 spiro atoms. The van der Waals surface area contributed by atoms with Gasteiger partial charge in [-0.3, -0.25) is 4.79 Å². The smallest absolute Gasteiger partial charge is 0.228 e. The number of likely N-dealkylation sites (N-methyl/N-ethyl adjacent to an activating group) is 1. The second kappa shape index (κ2) is 5.52. The lowest BCUT2D eigenvalue weighted by Gasteiger charge is -2.22. The first-order valence-electron chi connectivity index (χ1n) is 6.50. The van der Waals surface area contributed by atoms with Gasteiger partial charge >= 0.3 is 0 Å². The Morgan fingerprint density at radius 2 is 2.11 bits per heavy atom. The summed E-state index contributed by atoms with van der Waals surface area (Å²) in [5.74, 6) is 0.607. The van der Waals surface area contributed by atoms with Crippen LogP contribution in [0.15, 0.2) is 4.52 Å². The molecule has 0 radical (unpaired) electrons. The van der Waals surface area contributed by atoms with Gasteiger partial charge in [-0.15, -0.1) is 0 Å². The summed E-state index contributed by atoms with van der Waals surface area (Å²) in [6.45, 7) is 6.68. The highest BCUT2D eigenvalue weighted by Crippen LogP contribution is 2.26. The van der Waals surface area contributed by atoms with Crippen LogP contribution in [0.2, 0.25) is 0 Å². The second-order valence-corrected chi connectivity index (χ2v) is 4.91. The minimum Gasteiger partial charge on any atom is -0.361 e. The van der Waals surface area contributed by atoms with Gasteiger partial charge in [0.2, 0.25) is 5.91 Å². The molecule has 1 aromatic heterocycles. The molecule has 0 aliphatic carbocycles. The van der Waals surface area contributed by atoms with Crippen LogP contribution in [0.3, 0.4) is 0 Å². The van der Waals surface area contributed by atoms with E-state index in [0.29, 0.717) is 0 Å². The summed E-state index contributed by atoms with van der Waals surface area (Å²) in [6, 6.07) is 0. The summed E-state index contributed by atoms with van der Waals surface area (Å²) < 4.78 is 5.19. The van der Waals surface area contributed by atoms with E-state index in [0.717, 1.165) is 36.7 Å². The summed E-state index contributed by atoms with van der Waals surface area (Å²) in [4.78, 5) is 14.4. The van der Waals surface area contributed by atoms with Crippen LogP contribution in [0.25, 0.3) is 0 Å². The first kappa shape index (κ1) is 13.1. The highest BCUT2D eigenvalue weighted by molar-refractivity contribution is 5.84. The molecule has 1 aliphatic heterocycles. The van der Waals surface area contributed by atoms with Crippen molar-refractivity contribution in [1.82, 2.24) is 15.4 Å². The van der Waals surface area contributed by atoms with Gasteiger partial charge in [-0.1, -0.05) is 5.16 Å². The average Bonchev–Trinajstić information content (AvgIpc) is 2.97. The van der Waals surface area contributed by atoms with Crippen molar-refractivity contribution in [2.75, 3.05) is 26.7 Å².